The molecule has 27 heavy (non-hydrogen) atoms. The minimum Gasteiger partial charge on any atom is -0.378 e. The Hall–Kier alpha value is -2.30. The average molecular weight is 391 g/mol. The Morgan fingerprint density at radius 1 is 1.04 bits per heavy atom. The number of hydrogen-bond acceptors (Lipinski definition) is 6. The van der Waals surface area contributed by atoms with Gasteiger partial charge in [-0.1, -0.05) is 0 Å². The van der Waals surface area contributed by atoms with Crippen LogP contribution in [0, 0.1) is 0 Å². The van der Waals surface area contributed by atoms with Crippen molar-refractivity contribution in [3.8, 4) is 5.82 Å². The second kappa shape index (κ2) is 7.37. The summed E-state index contributed by atoms with van der Waals surface area (Å²) >= 11 is 0. The van der Waals surface area contributed by atoms with Crippen molar-refractivity contribution >= 4 is 15.9 Å². The van der Waals surface area contributed by atoms with Crippen LogP contribution in [0.5, 0.6) is 0 Å². The third-order valence-electron chi connectivity index (χ3n) is 4.79. The zero-order valence-electron chi connectivity index (χ0n) is 14.8. The maximum atomic E-state index is 12.6. The number of carbonyl (C=O) groups excluding carboxylic acids is 1. The number of carbonyl (C=O) groups is 1. The average Bonchev–Trinajstić information content (AvgIpc) is 3.41. The van der Waals surface area contributed by atoms with Crippen LogP contribution >= 0.6 is 0 Å². The molecule has 0 unspecified atom stereocenters. The van der Waals surface area contributed by atoms with Crippen LogP contribution < -0.4 is 0 Å². The van der Waals surface area contributed by atoms with Crippen LogP contribution in [0.1, 0.15) is 23.3 Å². The quantitative estimate of drug-likeness (QED) is 0.754. The molecule has 144 valence electrons. The highest BCUT2D eigenvalue weighted by molar-refractivity contribution is 7.89. The molecule has 0 bridgehead atoms. The Morgan fingerprint density at radius 2 is 1.78 bits per heavy atom. The molecule has 0 spiro atoms. The molecule has 9 nitrogen and oxygen atoms in total. The van der Waals surface area contributed by atoms with Crippen molar-refractivity contribution in [3.05, 3.63) is 36.5 Å². The highest BCUT2D eigenvalue weighted by Crippen LogP contribution is 2.21. The van der Waals surface area contributed by atoms with Gasteiger partial charge in [0.2, 0.25) is 10.0 Å². The fraction of sp³-hybridized carbons (Fsp3) is 0.471. The van der Waals surface area contributed by atoms with Gasteiger partial charge >= 0.3 is 0 Å². The lowest BCUT2D eigenvalue weighted by Crippen LogP contribution is -2.40. The molecule has 0 radical (unpaired) electrons. The van der Waals surface area contributed by atoms with Gasteiger partial charge in [-0.05, 0) is 25.0 Å². The van der Waals surface area contributed by atoms with E-state index in [1.165, 1.54) is 16.8 Å². The molecule has 0 N–H and O–H groups in total. The van der Waals surface area contributed by atoms with Crippen LogP contribution in [-0.2, 0) is 14.8 Å². The van der Waals surface area contributed by atoms with Crippen molar-refractivity contribution in [1.29, 1.82) is 0 Å². The first-order valence-electron chi connectivity index (χ1n) is 8.93. The van der Waals surface area contributed by atoms with Crippen molar-refractivity contribution in [2.45, 2.75) is 17.7 Å². The molecule has 0 saturated carbocycles. The number of sulfonamides is 1. The van der Waals surface area contributed by atoms with Gasteiger partial charge in [0.15, 0.2) is 0 Å². The molecular weight excluding hydrogens is 370 g/mol. The fourth-order valence-electron chi connectivity index (χ4n) is 3.24. The maximum absolute atomic E-state index is 12.6. The van der Waals surface area contributed by atoms with Crippen molar-refractivity contribution in [2.24, 2.45) is 0 Å². The molecule has 2 aliphatic rings. The monoisotopic (exact) mass is 391 g/mol. The zero-order chi connectivity index (χ0) is 18.9. The van der Waals surface area contributed by atoms with E-state index in [2.05, 4.69) is 9.97 Å². The first-order valence-corrected chi connectivity index (χ1v) is 10.4. The van der Waals surface area contributed by atoms with Crippen molar-refractivity contribution < 1.29 is 17.9 Å². The molecule has 0 atom stereocenters. The molecular formula is C17H21N5O4S. The smallest absolute Gasteiger partial charge is 0.274 e. The summed E-state index contributed by atoms with van der Waals surface area (Å²) in [5.41, 5.74) is 0.326. The standard InChI is InChI=1S/C17H21N5O4S/c23-17(20-7-9-26-10-8-20)15-12-21(13-19-15)16-4-3-14(11-18-16)27(24,25)22-5-1-2-6-22/h3-4,11-13H,1-2,5-10H2. The summed E-state index contributed by atoms with van der Waals surface area (Å²) in [6.45, 7) is 3.26. The number of imidazole rings is 1. The molecule has 10 heteroatoms. The SMILES string of the molecule is O=C(c1cn(-c2ccc(S(=O)(=O)N3CCCC3)cn2)cn1)N1CCOCC1. The lowest BCUT2D eigenvalue weighted by Gasteiger charge is -2.25. The molecule has 0 aromatic carbocycles. The maximum Gasteiger partial charge on any atom is 0.274 e. The second-order valence-electron chi connectivity index (χ2n) is 6.53. The Morgan fingerprint density at radius 3 is 2.44 bits per heavy atom. The lowest BCUT2D eigenvalue weighted by molar-refractivity contribution is 0.0299. The van der Waals surface area contributed by atoms with Crippen LogP contribution in [-0.4, -0.2) is 77.5 Å². The number of morpholine rings is 1. The van der Waals surface area contributed by atoms with E-state index in [9.17, 15) is 13.2 Å². The minimum atomic E-state index is -3.49. The van der Waals surface area contributed by atoms with E-state index in [0.29, 0.717) is 50.9 Å². The number of rotatable bonds is 4. The minimum absolute atomic E-state index is 0.148. The molecule has 2 aromatic heterocycles. The second-order valence-corrected chi connectivity index (χ2v) is 8.47. The highest BCUT2D eigenvalue weighted by atomic mass is 32.2. The lowest BCUT2D eigenvalue weighted by atomic mass is 10.3. The third kappa shape index (κ3) is 3.60. The van der Waals surface area contributed by atoms with Crippen LogP contribution in [0.15, 0.2) is 35.7 Å². The summed E-state index contributed by atoms with van der Waals surface area (Å²) in [7, 11) is -3.49. The Bertz CT molecular complexity index is 913. The van der Waals surface area contributed by atoms with E-state index in [4.69, 9.17) is 4.74 Å². The third-order valence-corrected chi connectivity index (χ3v) is 6.67. The van der Waals surface area contributed by atoms with Gasteiger partial charge in [0.25, 0.3) is 5.91 Å². The summed E-state index contributed by atoms with van der Waals surface area (Å²) in [6, 6.07) is 3.16. The Balaban J connectivity index is 1.51. The first kappa shape index (κ1) is 18.1. The van der Waals surface area contributed by atoms with Gasteiger partial charge in [-0.2, -0.15) is 4.31 Å². The molecule has 2 saturated heterocycles. The summed E-state index contributed by atoms with van der Waals surface area (Å²) in [5.74, 6) is 0.356. The normalized spacial score (nSPS) is 18.7. The molecule has 2 fully saturated rings. The van der Waals surface area contributed by atoms with Crippen molar-refractivity contribution in [3.63, 3.8) is 0 Å². The predicted octanol–water partition coefficient (Wildman–Crippen LogP) is 0.524. The zero-order valence-corrected chi connectivity index (χ0v) is 15.6. The van der Waals surface area contributed by atoms with Gasteiger partial charge in [-0.3, -0.25) is 9.36 Å². The summed E-state index contributed by atoms with van der Waals surface area (Å²) in [6.07, 6.45) is 6.24. The summed E-state index contributed by atoms with van der Waals surface area (Å²) < 4.78 is 33.5. The number of amides is 1. The molecule has 1 amide bonds. The van der Waals surface area contributed by atoms with E-state index in [0.717, 1.165) is 12.8 Å². The molecule has 2 aliphatic heterocycles. The van der Waals surface area contributed by atoms with Gasteiger partial charge in [0.1, 0.15) is 22.7 Å². The van der Waals surface area contributed by atoms with E-state index in [1.54, 1.807) is 27.8 Å². The number of pyridine rings is 1. The molecule has 4 heterocycles. The molecule has 0 aliphatic carbocycles. The van der Waals surface area contributed by atoms with E-state index < -0.39 is 10.0 Å². The number of ether oxygens (including phenoxy) is 1. The van der Waals surface area contributed by atoms with Gasteiger partial charge in [-0.15, -0.1) is 0 Å². The largest absolute Gasteiger partial charge is 0.378 e. The Kier molecular flexibility index (Phi) is 4.94. The van der Waals surface area contributed by atoms with Gasteiger partial charge in [0, 0.05) is 38.6 Å². The van der Waals surface area contributed by atoms with Gasteiger partial charge in [-0.25, -0.2) is 18.4 Å². The van der Waals surface area contributed by atoms with E-state index >= 15 is 0 Å². The predicted molar refractivity (Wildman–Crippen MR) is 96.1 cm³/mol. The van der Waals surface area contributed by atoms with Crippen LogP contribution in [0.2, 0.25) is 0 Å². The first-order chi connectivity index (χ1) is 13.1. The van der Waals surface area contributed by atoms with Gasteiger partial charge in [0.05, 0.1) is 13.2 Å². The van der Waals surface area contributed by atoms with Crippen molar-refractivity contribution in [1.82, 2.24) is 23.7 Å². The van der Waals surface area contributed by atoms with Crippen LogP contribution in [0.4, 0.5) is 0 Å². The molecule has 4 rings (SSSR count). The Labute approximate surface area is 157 Å². The highest BCUT2D eigenvalue weighted by Gasteiger charge is 2.27. The van der Waals surface area contributed by atoms with Crippen molar-refractivity contribution in [2.75, 3.05) is 39.4 Å². The number of hydrogen-bond donors (Lipinski definition) is 0. The molecule has 2 aromatic rings. The topological polar surface area (TPSA) is 97.6 Å². The van der Waals surface area contributed by atoms with E-state index in [1.807, 2.05) is 0 Å². The van der Waals surface area contributed by atoms with Crippen LogP contribution in [0.3, 0.4) is 0 Å². The van der Waals surface area contributed by atoms with E-state index in [-0.39, 0.29) is 10.8 Å². The van der Waals surface area contributed by atoms with Gasteiger partial charge < -0.3 is 9.64 Å². The summed E-state index contributed by atoms with van der Waals surface area (Å²) in [4.78, 5) is 22.8. The number of aromatic nitrogens is 3. The van der Waals surface area contributed by atoms with Crippen LogP contribution in [0.25, 0.3) is 5.82 Å². The fourth-order valence-corrected chi connectivity index (χ4v) is 4.71. The number of nitrogens with zero attached hydrogens (tertiary/aromatic N) is 5. The summed E-state index contributed by atoms with van der Waals surface area (Å²) in [5, 5.41) is 0.